The molecule has 0 saturated heterocycles. The summed E-state index contributed by atoms with van der Waals surface area (Å²) in [7, 11) is 0. The standard InChI is InChI=1S/C10H14BrNO.BrH/c1-8-12-10(9(7-11)13-8)5-3-2-4-6-10;/h7H,2-6H2,1H3;1H/b9-7-;. The highest BCUT2D eigenvalue weighted by molar-refractivity contribution is 9.11. The summed E-state index contributed by atoms with van der Waals surface area (Å²) < 4.78 is 5.57. The third-order valence-electron chi connectivity index (χ3n) is 2.87. The van der Waals surface area contributed by atoms with Gasteiger partial charge in [-0.05, 0) is 12.8 Å². The van der Waals surface area contributed by atoms with E-state index < -0.39 is 0 Å². The van der Waals surface area contributed by atoms with E-state index in [9.17, 15) is 0 Å². The summed E-state index contributed by atoms with van der Waals surface area (Å²) in [4.78, 5) is 6.52. The average Bonchev–Trinajstić information content (AvgIpc) is 2.43. The number of aliphatic imine (C=N–C) groups is 1. The molecule has 0 aromatic rings. The van der Waals surface area contributed by atoms with Gasteiger partial charge in [-0.2, -0.15) is 0 Å². The van der Waals surface area contributed by atoms with Crippen molar-refractivity contribution < 1.29 is 4.74 Å². The van der Waals surface area contributed by atoms with Gasteiger partial charge in [0.05, 0.1) is 0 Å². The largest absolute Gasteiger partial charge is 0.445 e. The van der Waals surface area contributed by atoms with Crippen LogP contribution in [-0.2, 0) is 4.74 Å². The molecular weight excluding hydrogens is 310 g/mol. The van der Waals surface area contributed by atoms with E-state index in [1.165, 1.54) is 19.3 Å². The fourth-order valence-electron chi connectivity index (χ4n) is 2.25. The lowest BCUT2D eigenvalue weighted by Crippen LogP contribution is -2.29. The van der Waals surface area contributed by atoms with E-state index in [1.807, 2.05) is 11.9 Å². The van der Waals surface area contributed by atoms with Gasteiger partial charge in [0.25, 0.3) is 0 Å². The van der Waals surface area contributed by atoms with Crippen LogP contribution in [0.15, 0.2) is 15.7 Å². The van der Waals surface area contributed by atoms with Crippen molar-refractivity contribution in [1.29, 1.82) is 0 Å². The first-order chi connectivity index (χ1) is 6.27. The van der Waals surface area contributed by atoms with Crippen molar-refractivity contribution in [2.75, 3.05) is 0 Å². The second-order valence-electron chi connectivity index (χ2n) is 3.80. The van der Waals surface area contributed by atoms with Crippen LogP contribution >= 0.6 is 32.9 Å². The summed E-state index contributed by atoms with van der Waals surface area (Å²) in [6, 6.07) is 0. The molecule has 0 unspecified atom stereocenters. The lowest BCUT2D eigenvalue weighted by Gasteiger charge is -2.29. The van der Waals surface area contributed by atoms with Crippen molar-refractivity contribution in [3.63, 3.8) is 0 Å². The molecular formula is C10H15Br2NO. The Bertz CT molecular complexity index is 267. The summed E-state index contributed by atoms with van der Waals surface area (Å²) in [6.45, 7) is 1.93. The van der Waals surface area contributed by atoms with Gasteiger partial charge in [-0.15, -0.1) is 17.0 Å². The molecule has 80 valence electrons. The molecule has 1 aliphatic heterocycles. The maximum atomic E-state index is 5.57. The Morgan fingerprint density at radius 2 is 2.00 bits per heavy atom. The number of hydrogen-bond donors (Lipinski definition) is 0. The van der Waals surface area contributed by atoms with Crippen molar-refractivity contribution in [2.45, 2.75) is 44.6 Å². The first-order valence-electron chi connectivity index (χ1n) is 4.82. The van der Waals surface area contributed by atoms with Crippen molar-refractivity contribution >= 4 is 38.8 Å². The number of hydrogen-bond acceptors (Lipinski definition) is 2. The second kappa shape index (κ2) is 4.79. The molecule has 0 atom stereocenters. The maximum Gasteiger partial charge on any atom is 0.187 e. The fourth-order valence-corrected chi connectivity index (χ4v) is 2.77. The summed E-state index contributed by atoms with van der Waals surface area (Å²) >= 11 is 3.35. The highest BCUT2D eigenvalue weighted by atomic mass is 79.9. The minimum Gasteiger partial charge on any atom is -0.445 e. The molecule has 0 amide bonds. The molecule has 2 nitrogen and oxygen atoms in total. The van der Waals surface area contributed by atoms with Crippen LogP contribution in [0.2, 0.25) is 0 Å². The monoisotopic (exact) mass is 323 g/mol. The Kier molecular flexibility index (Phi) is 4.19. The van der Waals surface area contributed by atoms with Gasteiger partial charge in [-0.25, -0.2) is 4.99 Å². The Morgan fingerprint density at radius 3 is 2.57 bits per heavy atom. The van der Waals surface area contributed by atoms with Crippen molar-refractivity contribution in [2.24, 2.45) is 4.99 Å². The molecule has 2 aliphatic rings. The molecule has 0 bridgehead atoms. The van der Waals surface area contributed by atoms with E-state index in [2.05, 4.69) is 20.9 Å². The molecule has 1 fully saturated rings. The van der Waals surface area contributed by atoms with Gasteiger partial charge in [0.2, 0.25) is 0 Å². The zero-order valence-corrected chi connectivity index (χ0v) is 11.6. The lowest BCUT2D eigenvalue weighted by molar-refractivity contribution is 0.284. The van der Waals surface area contributed by atoms with Crippen LogP contribution in [0.25, 0.3) is 0 Å². The summed E-state index contributed by atoms with van der Waals surface area (Å²) in [5.41, 5.74) is -0.00810. The number of nitrogens with zero attached hydrogens (tertiary/aromatic N) is 1. The zero-order chi connectivity index (χ0) is 9.31. The van der Waals surface area contributed by atoms with Crippen molar-refractivity contribution in [3.05, 3.63) is 10.7 Å². The van der Waals surface area contributed by atoms with E-state index in [-0.39, 0.29) is 22.5 Å². The van der Waals surface area contributed by atoms with Gasteiger partial charge in [0.15, 0.2) is 5.90 Å². The van der Waals surface area contributed by atoms with Gasteiger partial charge in [0.1, 0.15) is 11.3 Å². The van der Waals surface area contributed by atoms with Crippen LogP contribution in [0.3, 0.4) is 0 Å². The molecule has 0 aromatic heterocycles. The molecule has 1 saturated carbocycles. The lowest BCUT2D eigenvalue weighted by atomic mass is 9.81. The van der Waals surface area contributed by atoms with Crippen molar-refractivity contribution in [3.8, 4) is 0 Å². The minimum atomic E-state index is -0.00810. The van der Waals surface area contributed by atoms with Crippen LogP contribution in [0, 0.1) is 0 Å². The van der Waals surface area contributed by atoms with Gasteiger partial charge >= 0.3 is 0 Å². The van der Waals surface area contributed by atoms with Gasteiger partial charge in [-0.1, -0.05) is 35.2 Å². The predicted molar refractivity (Wildman–Crippen MR) is 67.3 cm³/mol. The molecule has 4 heteroatoms. The van der Waals surface area contributed by atoms with E-state index in [1.54, 1.807) is 0 Å². The Hall–Kier alpha value is 0.170. The quantitative estimate of drug-likeness (QED) is 0.661. The Balaban J connectivity index is 0.000000980. The second-order valence-corrected chi connectivity index (χ2v) is 4.26. The smallest absolute Gasteiger partial charge is 0.187 e. The summed E-state index contributed by atoms with van der Waals surface area (Å²) in [5, 5.41) is 0. The van der Waals surface area contributed by atoms with E-state index in [0.29, 0.717) is 0 Å². The van der Waals surface area contributed by atoms with E-state index in [4.69, 9.17) is 4.74 Å². The summed E-state index contributed by atoms with van der Waals surface area (Å²) in [5.74, 6) is 1.82. The summed E-state index contributed by atoms with van der Waals surface area (Å²) in [6.07, 6.45) is 6.16. The predicted octanol–water partition coefficient (Wildman–Crippen LogP) is 3.95. The molecule has 0 N–H and O–H groups in total. The van der Waals surface area contributed by atoms with E-state index >= 15 is 0 Å². The highest BCUT2D eigenvalue weighted by Gasteiger charge is 2.41. The van der Waals surface area contributed by atoms with Gasteiger partial charge in [-0.3, -0.25) is 0 Å². The SMILES string of the molecule is Br.CC1=NC2(CCCCC2)/C(=C/Br)O1. The molecule has 0 aromatic carbocycles. The van der Waals surface area contributed by atoms with E-state index in [0.717, 1.165) is 24.5 Å². The first-order valence-corrected chi connectivity index (χ1v) is 5.74. The van der Waals surface area contributed by atoms with Gasteiger partial charge < -0.3 is 4.74 Å². The van der Waals surface area contributed by atoms with Crippen LogP contribution in [0.4, 0.5) is 0 Å². The molecule has 2 rings (SSSR count). The van der Waals surface area contributed by atoms with Crippen LogP contribution < -0.4 is 0 Å². The molecule has 14 heavy (non-hydrogen) atoms. The zero-order valence-electron chi connectivity index (χ0n) is 8.25. The third-order valence-corrected chi connectivity index (χ3v) is 3.28. The average molecular weight is 325 g/mol. The molecule has 1 spiro atoms. The minimum absolute atomic E-state index is 0. The number of rotatable bonds is 0. The topological polar surface area (TPSA) is 21.6 Å². The van der Waals surface area contributed by atoms with Gasteiger partial charge in [0, 0.05) is 11.9 Å². The Morgan fingerprint density at radius 1 is 1.36 bits per heavy atom. The third kappa shape index (κ3) is 2.06. The number of ether oxygens (including phenoxy) is 1. The first kappa shape index (κ1) is 12.2. The Labute approximate surface area is 104 Å². The van der Waals surface area contributed by atoms with Crippen LogP contribution in [0.1, 0.15) is 39.0 Å². The normalized spacial score (nSPS) is 27.0. The fraction of sp³-hybridized carbons (Fsp3) is 0.700. The number of halogens is 2. The molecule has 1 aliphatic carbocycles. The van der Waals surface area contributed by atoms with Crippen LogP contribution in [0.5, 0.6) is 0 Å². The van der Waals surface area contributed by atoms with Crippen molar-refractivity contribution in [1.82, 2.24) is 0 Å². The molecule has 0 radical (unpaired) electrons. The van der Waals surface area contributed by atoms with Crippen LogP contribution in [-0.4, -0.2) is 11.4 Å². The highest BCUT2D eigenvalue weighted by Crippen LogP contribution is 2.42. The maximum absolute atomic E-state index is 5.57. The molecule has 1 heterocycles.